The maximum atomic E-state index is 13.8. The molecule has 0 saturated carbocycles. The number of halogens is 1. The monoisotopic (exact) mass is 579 g/mol. The molecule has 40 heavy (non-hydrogen) atoms. The Labute approximate surface area is 241 Å². The molecule has 1 N–H and O–H groups in total. The lowest BCUT2D eigenvalue weighted by Crippen LogP contribution is -2.43. The van der Waals surface area contributed by atoms with E-state index in [1.807, 2.05) is 42.5 Å². The number of hydrogen-bond acceptors (Lipinski definition) is 4. The van der Waals surface area contributed by atoms with Gasteiger partial charge in [0.25, 0.3) is 0 Å². The standard InChI is InChI=1S/C31H34ClN3O4S/c1-2-20-33-31(37)30(26-8-4-3-5-9-26)35(23-25-10-15-27(32)16-11-25)29(36)19-14-24-12-17-28(18-13-24)40(38,39)34-21-6-7-22-34/h2-5,8-13,15-18,30H,1,6-7,14,19-23H2,(H,33,37). The van der Waals surface area contributed by atoms with E-state index in [-0.39, 0.29) is 36.2 Å². The summed E-state index contributed by atoms with van der Waals surface area (Å²) in [6.45, 7) is 5.26. The van der Waals surface area contributed by atoms with E-state index in [2.05, 4.69) is 11.9 Å². The van der Waals surface area contributed by atoms with Crippen LogP contribution in [-0.4, -0.2) is 49.1 Å². The molecule has 0 aromatic heterocycles. The highest BCUT2D eigenvalue weighted by molar-refractivity contribution is 7.89. The predicted octanol–water partition coefficient (Wildman–Crippen LogP) is 5.13. The number of hydrogen-bond donors (Lipinski definition) is 1. The number of benzene rings is 3. The molecule has 1 aliphatic heterocycles. The first-order chi connectivity index (χ1) is 19.3. The lowest BCUT2D eigenvalue weighted by Gasteiger charge is -2.31. The summed E-state index contributed by atoms with van der Waals surface area (Å²) in [7, 11) is -3.50. The van der Waals surface area contributed by atoms with Crippen LogP contribution in [0.1, 0.15) is 42.0 Å². The summed E-state index contributed by atoms with van der Waals surface area (Å²) in [6.07, 6.45) is 3.89. The second kappa shape index (κ2) is 13.7. The fourth-order valence-electron chi connectivity index (χ4n) is 4.79. The van der Waals surface area contributed by atoms with Crippen LogP contribution in [0, 0.1) is 0 Å². The highest BCUT2D eigenvalue weighted by atomic mass is 35.5. The Balaban J connectivity index is 1.56. The minimum atomic E-state index is -3.50. The summed E-state index contributed by atoms with van der Waals surface area (Å²) in [6, 6.07) is 22.3. The first-order valence-corrected chi connectivity index (χ1v) is 15.2. The quantitative estimate of drug-likeness (QED) is 0.301. The van der Waals surface area contributed by atoms with Crippen molar-refractivity contribution in [2.75, 3.05) is 19.6 Å². The highest BCUT2D eigenvalue weighted by Crippen LogP contribution is 2.26. The zero-order chi connectivity index (χ0) is 28.5. The maximum absolute atomic E-state index is 13.8. The second-order valence-electron chi connectivity index (χ2n) is 9.75. The first-order valence-electron chi connectivity index (χ1n) is 13.4. The third-order valence-electron chi connectivity index (χ3n) is 6.94. The summed E-state index contributed by atoms with van der Waals surface area (Å²) in [5.41, 5.74) is 2.38. The molecule has 7 nitrogen and oxygen atoms in total. The molecule has 1 fully saturated rings. The molecule has 1 saturated heterocycles. The van der Waals surface area contributed by atoms with Gasteiger partial charge >= 0.3 is 0 Å². The summed E-state index contributed by atoms with van der Waals surface area (Å²) in [5, 5.41) is 3.43. The Hall–Kier alpha value is -3.46. The van der Waals surface area contributed by atoms with Gasteiger partial charge in [0.1, 0.15) is 6.04 Å². The van der Waals surface area contributed by atoms with Crippen molar-refractivity contribution in [3.63, 3.8) is 0 Å². The first kappa shape index (κ1) is 29.5. The zero-order valence-electron chi connectivity index (χ0n) is 22.3. The fraction of sp³-hybridized carbons (Fsp3) is 0.290. The van der Waals surface area contributed by atoms with Crippen molar-refractivity contribution < 1.29 is 18.0 Å². The molecular weight excluding hydrogens is 546 g/mol. The Morgan fingerprint density at radius 1 is 0.950 bits per heavy atom. The normalized spacial score (nSPS) is 14.4. The highest BCUT2D eigenvalue weighted by Gasteiger charge is 2.31. The predicted molar refractivity (Wildman–Crippen MR) is 157 cm³/mol. The van der Waals surface area contributed by atoms with Crippen LogP contribution < -0.4 is 5.32 Å². The molecule has 1 atom stereocenters. The van der Waals surface area contributed by atoms with Gasteiger partial charge in [-0.2, -0.15) is 4.31 Å². The third kappa shape index (κ3) is 7.38. The van der Waals surface area contributed by atoms with Crippen LogP contribution >= 0.6 is 11.6 Å². The van der Waals surface area contributed by atoms with E-state index in [0.29, 0.717) is 30.1 Å². The van der Waals surface area contributed by atoms with Crippen LogP contribution in [0.25, 0.3) is 0 Å². The van der Waals surface area contributed by atoms with Gasteiger partial charge in [0, 0.05) is 37.6 Å². The van der Waals surface area contributed by atoms with Gasteiger partial charge < -0.3 is 10.2 Å². The molecular formula is C31H34ClN3O4S. The van der Waals surface area contributed by atoms with E-state index in [0.717, 1.165) is 24.0 Å². The lowest BCUT2D eigenvalue weighted by atomic mass is 10.0. The van der Waals surface area contributed by atoms with E-state index in [1.165, 1.54) is 4.31 Å². The summed E-state index contributed by atoms with van der Waals surface area (Å²) in [5.74, 6) is -0.504. The van der Waals surface area contributed by atoms with Crippen LogP contribution in [0.2, 0.25) is 5.02 Å². The molecule has 1 unspecified atom stereocenters. The van der Waals surface area contributed by atoms with Crippen LogP contribution in [0.5, 0.6) is 0 Å². The number of carbonyl (C=O) groups excluding carboxylic acids is 2. The third-order valence-corrected chi connectivity index (χ3v) is 9.10. The largest absolute Gasteiger partial charge is 0.351 e. The molecule has 1 heterocycles. The van der Waals surface area contributed by atoms with Crippen molar-refractivity contribution in [1.82, 2.24) is 14.5 Å². The average Bonchev–Trinajstić information content (AvgIpc) is 3.53. The van der Waals surface area contributed by atoms with E-state index in [4.69, 9.17) is 11.6 Å². The number of amides is 2. The summed E-state index contributed by atoms with van der Waals surface area (Å²) < 4.78 is 27.2. The minimum absolute atomic E-state index is 0.143. The van der Waals surface area contributed by atoms with Crippen LogP contribution in [0.3, 0.4) is 0 Å². The maximum Gasteiger partial charge on any atom is 0.247 e. The van der Waals surface area contributed by atoms with Crippen molar-refractivity contribution >= 4 is 33.4 Å². The van der Waals surface area contributed by atoms with Crippen molar-refractivity contribution in [2.24, 2.45) is 0 Å². The van der Waals surface area contributed by atoms with Gasteiger partial charge in [-0.05, 0) is 60.2 Å². The fourth-order valence-corrected chi connectivity index (χ4v) is 6.43. The molecule has 0 spiro atoms. The van der Waals surface area contributed by atoms with Gasteiger partial charge in [0.05, 0.1) is 4.90 Å². The Morgan fingerprint density at radius 3 is 2.20 bits per heavy atom. The molecule has 1 aliphatic rings. The number of rotatable bonds is 12. The van der Waals surface area contributed by atoms with Crippen LogP contribution in [0.4, 0.5) is 0 Å². The van der Waals surface area contributed by atoms with Crippen molar-refractivity contribution in [3.8, 4) is 0 Å². The second-order valence-corrected chi connectivity index (χ2v) is 12.1. The molecule has 3 aromatic rings. The van der Waals surface area contributed by atoms with E-state index < -0.39 is 16.1 Å². The number of aryl methyl sites for hydroxylation is 1. The summed E-state index contributed by atoms with van der Waals surface area (Å²) in [4.78, 5) is 29.0. The SMILES string of the molecule is C=CCNC(=O)C(c1ccccc1)N(Cc1ccc(Cl)cc1)C(=O)CCc1ccc(S(=O)(=O)N2CCCC2)cc1. The van der Waals surface area contributed by atoms with Crippen molar-refractivity contribution in [1.29, 1.82) is 0 Å². The van der Waals surface area contributed by atoms with Crippen molar-refractivity contribution in [2.45, 2.75) is 43.2 Å². The number of nitrogens with one attached hydrogen (secondary N) is 1. The van der Waals surface area contributed by atoms with E-state index in [9.17, 15) is 18.0 Å². The molecule has 4 rings (SSSR count). The Kier molecular flexibility index (Phi) is 10.1. The van der Waals surface area contributed by atoms with Gasteiger partial charge in [0.15, 0.2) is 0 Å². The minimum Gasteiger partial charge on any atom is -0.351 e. The molecule has 0 bridgehead atoms. The molecule has 0 aliphatic carbocycles. The Bertz CT molecular complexity index is 1410. The van der Waals surface area contributed by atoms with Crippen LogP contribution in [0.15, 0.2) is 96.4 Å². The molecule has 9 heteroatoms. The number of nitrogens with zero attached hydrogens (tertiary/aromatic N) is 2. The topological polar surface area (TPSA) is 86.8 Å². The molecule has 2 amide bonds. The van der Waals surface area contributed by atoms with Crippen molar-refractivity contribution in [3.05, 3.63) is 113 Å². The van der Waals surface area contributed by atoms with Crippen LogP contribution in [-0.2, 0) is 32.6 Å². The summed E-state index contributed by atoms with van der Waals surface area (Å²) >= 11 is 6.08. The van der Waals surface area contributed by atoms with E-state index >= 15 is 0 Å². The Morgan fingerprint density at radius 2 is 1.57 bits per heavy atom. The van der Waals surface area contributed by atoms with Gasteiger partial charge in [-0.15, -0.1) is 6.58 Å². The zero-order valence-corrected chi connectivity index (χ0v) is 23.9. The van der Waals surface area contributed by atoms with Gasteiger partial charge in [-0.3, -0.25) is 9.59 Å². The number of carbonyl (C=O) groups is 2. The van der Waals surface area contributed by atoms with Gasteiger partial charge in [-0.1, -0.05) is 72.3 Å². The molecule has 210 valence electrons. The molecule has 0 radical (unpaired) electrons. The molecule has 3 aromatic carbocycles. The lowest BCUT2D eigenvalue weighted by molar-refractivity contribution is -0.141. The van der Waals surface area contributed by atoms with E-state index in [1.54, 1.807) is 47.4 Å². The smallest absolute Gasteiger partial charge is 0.247 e. The number of sulfonamides is 1. The van der Waals surface area contributed by atoms with Gasteiger partial charge in [0.2, 0.25) is 21.8 Å². The van der Waals surface area contributed by atoms with Gasteiger partial charge in [-0.25, -0.2) is 8.42 Å². The average molecular weight is 580 g/mol.